The number of benzene rings is 3. The van der Waals surface area contributed by atoms with E-state index in [4.69, 9.17) is 0 Å². The van der Waals surface area contributed by atoms with Crippen LogP contribution in [0.5, 0.6) is 0 Å². The highest BCUT2D eigenvalue weighted by Gasteiger charge is 2.04. The third-order valence-electron chi connectivity index (χ3n) is 3.26. The Labute approximate surface area is 127 Å². The average Bonchev–Trinajstić information content (AvgIpc) is 2.56. The fourth-order valence-electron chi connectivity index (χ4n) is 2.11. The first kappa shape index (κ1) is 13.9. The molecule has 0 saturated carbocycles. The Hall–Kier alpha value is -3.01. The normalized spacial score (nSPS) is 11.0. The van der Waals surface area contributed by atoms with E-state index in [9.17, 15) is 9.18 Å². The highest BCUT2D eigenvalue weighted by Crippen LogP contribution is 2.15. The van der Waals surface area contributed by atoms with Gasteiger partial charge in [0.2, 0.25) is 0 Å². The zero-order chi connectivity index (χ0) is 15.4. The lowest BCUT2D eigenvalue weighted by Crippen LogP contribution is -2.17. The van der Waals surface area contributed by atoms with Crippen LogP contribution in [0.25, 0.3) is 10.8 Å². The van der Waals surface area contributed by atoms with Gasteiger partial charge in [0, 0.05) is 5.56 Å². The van der Waals surface area contributed by atoms with Gasteiger partial charge in [0.25, 0.3) is 5.91 Å². The molecule has 108 valence electrons. The predicted octanol–water partition coefficient (Wildman–Crippen LogP) is 3.74. The van der Waals surface area contributed by atoms with Gasteiger partial charge in [-0.15, -0.1) is 0 Å². The maximum atomic E-state index is 12.8. The van der Waals surface area contributed by atoms with Crippen LogP contribution >= 0.6 is 0 Å². The van der Waals surface area contributed by atoms with Crippen LogP contribution in [-0.2, 0) is 0 Å². The lowest BCUT2D eigenvalue weighted by Gasteiger charge is -2.02. The van der Waals surface area contributed by atoms with Crippen molar-refractivity contribution in [2.24, 2.45) is 5.10 Å². The summed E-state index contributed by atoms with van der Waals surface area (Å²) in [6.07, 6.45) is 1.47. The van der Waals surface area contributed by atoms with E-state index in [0.29, 0.717) is 11.1 Å². The standard InChI is InChI=1S/C18H13FN2O/c19-17-9-5-13(6-10-17)12-20-21-18(22)16-8-7-14-3-1-2-4-15(14)11-16/h1-12H,(H,21,22)/b20-12-. The van der Waals surface area contributed by atoms with Crippen molar-refractivity contribution in [2.75, 3.05) is 0 Å². The number of carbonyl (C=O) groups is 1. The van der Waals surface area contributed by atoms with Crippen LogP contribution in [0, 0.1) is 5.82 Å². The second-order valence-corrected chi connectivity index (χ2v) is 4.81. The van der Waals surface area contributed by atoms with Crippen molar-refractivity contribution in [1.82, 2.24) is 5.43 Å². The molecule has 0 atom stereocenters. The summed E-state index contributed by atoms with van der Waals surface area (Å²) in [6.45, 7) is 0. The van der Waals surface area contributed by atoms with E-state index in [1.54, 1.807) is 18.2 Å². The number of hydrogen-bond donors (Lipinski definition) is 1. The van der Waals surface area contributed by atoms with Crippen molar-refractivity contribution < 1.29 is 9.18 Å². The Bertz CT molecular complexity index is 841. The summed E-state index contributed by atoms with van der Waals surface area (Å²) >= 11 is 0. The van der Waals surface area contributed by atoms with Gasteiger partial charge in [0.1, 0.15) is 5.82 Å². The van der Waals surface area contributed by atoms with E-state index in [1.165, 1.54) is 18.3 Å². The summed E-state index contributed by atoms with van der Waals surface area (Å²) in [5.41, 5.74) is 3.71. The Morgan fingerprint density at radius 2 is 1.68 bits per heavy atom. The molecule has 0 aliphatic carbocycles. The first-order valence-corrected chi connectivity index (χ1v) is 6.80. The molecule has 0 heterocycles. The molecule has 0 unspecified atom stereocenters. The maximum Gasteiger partial charge on any atom is 0.271 e. The fraction of sp³-hybridized carbons (Fsp3) is 0. The molecule has 0 aliphatic heterocycles. The molecule has 1 amide bonds. The quantitative estimate of drug-likeness (QED) is 0.580. The Kier molecular flexibility index (Phi) is 3.92. The fourth-order valence-corrected chi connectivity index (χ4v) is 2.11. The molecule has 0 bridgehead atoms. The van der Waals surface area contributed by atoms with Crippen molar-refractivity contribution in [3.8, 4) is 0 Å². The van der Waals surface area contributed by atoms with Gasteiger partial charge in [-0.3, -0.25) is 4.79 Å². The third-order valence-corrected chi connectivity index (χ3v) is 3.26. The minimum absolute atomic E-state index is 0.288. The molecule has 0 radical (unpaired) electrons. The summed E-state index contributed by atoms with van der Waals surface area (Å²) in [4.78, 5) is 12.0. The molecule has 3 nitrogen and oxygen atoms in total. The molecule has 3 aromatic rings. The van der Waals surface area contributed by atoms with Crippen LogP contribution in [0.2, 0.25) is 0 Å². The van der Waals surface area contributed by atoms with E-state index in [1.807, 2.05) is 36.4 Å². The molecule has 22 heavy (non-hydrogen) atoms. The van der Waals surface area contributed by atoms with E-state index in [0.717, 1.165) is 10.8 Å². The summed E-state index contributed by atoms with van der Waals surface area (Å²) in [5.74, 6) is -0.596. The average molecular weight is 292 g/mol. The monoisotopic (exact) mass is 292 g/mol. The molecule has 4 heteroatoms. The second kappa shape index (κ2) is 6.18. The van der Waals surface area contributed by atoms with Crippen LogP contribution in [0.4, 0.5) is 4.39 Å². The van der Waals surface area contributed by atoms with Gasteiger partial charge in [-0.1, -0.05) is 42.5 Å². The largest absolute Gasteiger partial charge is 0.271 e. The molecule has 1 N–H and O–H groups in total. The first-order valence-electron chi connectivity index (χ1n) is 6.80. The van der Waals surface area contributed by atoms with Crippen molar-refractivity contribution >= 4 is 22.9 Å². The lowest BCUT2D eigenvalue weighted by molar-refractivity contribution is 0.0955. The highest BCUT2D eigenvalue weighted by atomic mass is 19.1. The lowest BCUT2D eigenvalue weighted by atomic mass is 10.1. The van der Waals surface area contributed by atoms with Crippen molar-refractivity contribution in [2.45, 2.75) is 0 Å². The third kappa shape index (κ3) is 3.17. The predicted molar refractivity (Wildman–Crippen MR) is 85.4 cm³/mol. The highest BCUT2D eigenvalue weighted by molar-refractivity contribution is 5.98. The van der Waals surface area contributed by atoms with Crippen molar-refractivity contribution in [3.63, 3.8) is 0 Å². The van der Waals surface area contributed by atoms with Crippen molar-refractivity contribution in [1.29, 1.82) is 0 Å². The SMILES string of the molecule is O=C(N/N=C\c1ccc(F)cc1)c1ccc2ccccc2c1. The van der Waals surface area contributed by atoms with E-state index < -0.39 is 0 Å². The molecule has 0 saturated heterocycles. The minimum Gasteiger partial charge on any atom is -0.267 e. The summed E-state index contributed by atoms with van der Waals surface area (Å²) < 4.78 is 12.8. The van der Waals surface area contributed by atoms with Gasteiger partial charge >= 0.3 is 0 Å². The Morgan fingerprint density at radius 1 is 0.955 bits per heavy atom. The van der Waals surface area contributed by atoms with E-state index >= 15 is 0 Å². The number of fused-ring (bicyclic) bond motifs is 1. The maximum absolute atomic E-state index is 12.8. The van der Waals surface area contributed by atoms with Gasteiger partial charge in [0.15, 0.2) is 0 Å². The number of halogens is 1. The van der Waals surface area contributed by atoms with Crippen LogP contribution in [0.15, 0.2) is 71.8 Å². The smallest absolute Gasteiger partial charge is 0.267 e. The zero-order valence-electron chi connectivity index (χ0n) is 11.7. The number of rotatable bonds is 3. The molecular formula is C18H13FN2O. The summed E-state index contributed by atoms with van der Waals surface area (Å²) in [6, 6.07) is 19.1. The molecule has 3 aromatic carbocycles. The molecular weight excluding hydrogens is 279 g/mol. The van der Waals surface area contributed by atoms with Crippen LogP contribution in [0.3, 0.4) is 0 Å². The summed E-state index contributed by atoms with van der Waals surface area (Å²) in [5, 5.41) is 5.96. The topological polar surface area (TPSA) is 41.5 Å². The minimum atomic E-state index is -0.308. The molecule has 0 spiro atoms. The number of hydrazone groups is 1. The van der Waals surface area contributed by atoms with Gasteiger partial charge in [-0.2, -0.15) is 5.10 Å². The van der Waals surface area contributed by atoms with Crippen LogP contribution < -0.4 is 5.43 Å². The number of amides is 1. The molecule has 0 aliphatic rings. The van der Waals surface area contributed by atoms with Crippen LogP contribution in [-0.4, -0.2) is 12.1 Å². The van der Waals surface area contributed by atoms with Gasteiger partial charge in [-0.05, 0) is 40.6 Å². The van der Waals surface area contributed by atoms with Gasteiger partial charge in [0.05, 0.1) is 6.21 Å². The number of nitrogens with one attached hydrogen (secondary N) is 1. The van der Waals surface area contributed by atoms with Crippen LogP contribution in [0.1, 0.15) is 15.9 Å². The van der Waals surface area contributed by atoms with Crippen molar-refractivity contribution in [3.05, 3.63) is 83.7 Å². The van der Waals surface area contributed by atoms with Gasteiger partial charge in [-0.25, -0.2) is 9.82 Å². The molecule has 0 fully saturated rings. The molecule has 3 rings (SSSR count). The van der Waals surface area contributed by atoms with E-state index in [2.05, 4.69) is 10.5 Å². The summed E-state index contributed by atoms with van der Waals surface area (Å²) in [7, 11) is 0. The second-order valence-electron chi connectivity index (χ2n) is 4.81. The number of nitrogens with zero attached hydrogens (tertiary/aromatic N) is 1. The Morgan fingerprint density at radius 3 is 2.45 bits per heavy atom. The zero-order valence-corrected chi connectivity index (χ0v) is 11.7. The van der Waals surface area contributed by atoms with Gasteiger partial charge < -0.3 is 0 Å². The van der Waals surface area contributed by atoms with E-state index in [-0.39, 0.29) is 11.7 Å². The first-order chi connectivity index (χ1) is 10.7. The molecule has 0 aromatic heterocycles. The number of carbonyl (C=O) groups excluding carboxylic acids is 1. The number of hydrogen-bond acceptors (Lipinski definition) is 2. The Balaban J connectivity index is 1.71.